The molecule has 1 saturated heterocycles. The molecule has 1 unspecified atom stereocenters. The Morgan fingerprint density at radius 1 is 1.61 bits per heavy atom. The quantitative estimate of drug-likeness (QED) is 0.854. The summed E-state index contributed by atoms with van der Waals surface area (Å²) in [4.78, 5) is 12.9. The second kappa shape index (κ2) is 8.15. The maximum absolute atomic E-state index is 11.6. The Labute approximate surface area is 126 Å². The summed E-state index contributed by atoms with van der Waals surface area (Å²) in [7, 11) is 0. The van der Waals surface area contributed by atoms with Crippen LogP contribution in [0.25, 0.3) is 0 Å². The molecular formula is C12H18BrClN2OS. The van der Waals surface area contributed by atoms with Gasteiger partial charge in [0.15, 0.2) is 0 Å². The Morgan fingerprint density at radius 2 is 2.44 bits per heavy atom. The molecule has 0 bridgehead atoms. The maximum atomic E-state index is 11.6. The van der Waals surface area contributed by atoms with Gasteiger partial charge in [-0.25, -0.2) is 0 Å². The van der Waals surface area contributed by atoms with Gasteiger partial charge in [-0.15, -0.1) is 23.7 Å². The monoisotopic (exact) mass is 352 g/mol. The third-order valence-corrected chi connectivity index (χ3v) is 4.69. The minimum absolute atomic E-state index is 0. The van der Waals surface area contributed by atoms with E-state index in [1.165, 1.54) is 17.7 Å². The van der Waals surface area contributed by atoms with Crippen LogP contribution in [0.5, 0.6) is 0 Å². The minimum Gasteiger partial charge on any atom is -0.355 e. The predicted octanol–water partition coefficient (Wildman–Crippen LogP) is 2.73. The van der Waals surface area contributed by atoms with Crippen molar-refractivity contribution in [1.29, 1.82) is 0 Å². The van der Waals surface area contributed by atoms with Gasteiger partial charge in [0.1, 0.15) is 0 Å². The van der Waals surface area contributed by atoms with Crippen molar-refractivity contribution in [3.8, 4) is 0 Å². The van der Waals surface area contributed by atoms with Crippen molar-refractivity contribution < 1.29 is 4.79 Å². The molecule has 1 aromatic heterocycles. The number of carbonyl (C=O) groups excluding carboxylic acids is 1. The summed E-state index contributed by atoms with van der Waals surface area (Å²) in [5.74, 6) is 0.156. The van der Waals surface area contributed by atoms with Crippen LogP contribution in [-0.2, 0) is 11.2 Å². The summed E-state index contributed by atoms with van der Waals surface area (Å²) in [6.07, 6.45) is 3.82. The van der Waals surface area contributed by atoms with Gasteiger partial charge in [0.2, 0.25) is 5.91 Å². The van der Waals surface area contributed by atoms with E-state index >= 15 is 0 Å². The number of rotatable bonds is 5. The first-order valence-corrected chi connectivity index (χ1v) is 7.64. The smallest absolute Gasteiger partial charge is 0.220 e. The largest absolute Gasteiger partial charge is 0.355 e. The van der Waals surface area contributed by atoms with Crippen LogP contribution < -0.4 is 10.6 Å². The molecule has 2 heterocycles. The average Bonchev–Trinajstić information content (AvgIpc) is 2.95. The van der Waals surface area contributed by atoms with Gasteiger partial charge >= 0.3 is 0 Å². The molecule has 18 heavy (non-hydrogen) atoms. The number of hydrogen-bond donors (Lipinski definition) is 2. The van der Waals surface area contributed by atoms with Crippen LogP contribution in [0, 0.1) is 0 Å². The lowest BCUT2D eigenvalue weighted by Gasteiger charge is -2.11. The Morgan fingerprint density at radius 3 is 3.06 bits per heavy atom. The second-order valence-corrected chi connectivity index (χ2v) is 6.24. The van der Waals surface area contributed by atoms with Gasteiger partial charge < -0.3 is 10.6 Å². The van der Waals surface area contributed by atoms with Crippen molar-refractivity contribution in [2.45, 2.75) is 31.7 Å². The molecule has 6 heteroatoms. The Kier molecular flexibility index (Phi) is 7.22. The van der Waals surface area contributed by atoms with E-state index < -0.39 is 0 Å². The fraction of sp³-hybridized carbons (Fsp3) is 0.583. The molecule has 2 N–H and O–H groups in total. The van der Waals surface area contributed by atoms with E-state index in [2.05, 4.69) is 38.0 Å². The standard InChI is InChI=1S/C12H17BrN2OS.ClH/c13-9-6-11(17-8-9)3-4-12(16)15-7-10-2-1-5-14-10;/h6,8,10,14H,1-5,7H2,(H,15,16);1H. The molecule has 1 amide bonds. The molecule has 0 aliphatic carbocycles. The van der Waals surface area contributed by atoms with E-state index in [1.54, 1.807) is 11.3 Å². The zero-order chi connectivity index (χ0) is 12.1. The van der Waals surface area contributed by atoms with Gasteiger partial charge in [-0.2, -0.15) is 0 Å². The van der Waals surface area contributed by atoms with Crippen LogP contribution in [0.4, 0.5) is 0 Å². The molecule has 2 rings (SSSR count). The second-order valence-electron chi connectivity index (χ2n) is 4.33. The van der Waals surface area contributed by atoms with Crippen molar-refractivity contribution in [2.24, 2.45) is 0 Å². The number of thiophene rings is 1. The highest BCUT2D eigenvalue weighted by atomic mass is 79.9. The first-order valence-electron chi connectivity index (χ1n) is 5.97. The number of nitrogens with one attached hydrogen (secondary N) is 2. The molecule has 0 radical (unpaired) electrons. The summed E-state index contributed by atoms with van der Waals surface area (Å²) in [5, 5.41) is 8.41. The number of amides is 1. The topological polar surface area (TPSA) is 41.1 Å². The molecular weight excluding hydrogens is 336 g/mol. The van der Waals surface area contributed by atoms with Crippen molar-refractivity contribution >= 4 is 45.6 Å². The Bertz CT molecular complexity index is 380. The average molecular weight is 354 g/mol. The highest BCUT2D eigenvalue weighted by Gasteiger charge is 2.14. The first-order chi connectivity index (χ1) is 8.24. The molecule has 1 fully saturated rings. The third-order valence-electron chi connectivity index (χ3n) is 2.93. The fourth-order valence-electron chi connectivity index (χ4n) is 1.98. The van der Waals surface area contributed by atoms with E-state index in [0.29, 0.717) is 12.5 Å². The molecule has 1 atom stereocenters. The molecule has 3 nitrogen and oxygen atoms in total. The van der Waals surface area contributed by atoms with Crippen LogP contribution in [0.3, 0.4) is 0 Å². The molecule has 1 aromatic rings. The van der Waals surface area contributed by atoms with E-state index in [0.717, 1.165) is 24.0 Å². The molecule has 102 valence electrons. The molecule has 1 aliphatic rings. The zero-order valence-electron chi connectivity index (χ0n) is 10.1. The number of halogens is 2. The SMILES string of the molecule is Cl.O=C(CCc1cc(Br)cs1)NCC1CCCN1. The molecule has 0 spiro atoms. The molecule has 0 saturated carbocycles. The summed E-state index contributed by atoms with van der Waals surface area (Å²) in [6, 6.07) is 2.56. The van der Waals surface area contributed by atoms with E-state index in [-0.39, 0.29) is 18.3 Å². The summed E-state index contributed by atoms with van der Waals surface area (Å²) in [5.41, 5.74) is 0. The number of carbonyl (C=O) groups is 1. The van der Waals surface area contributed by atoms with Crippen LogP contribution in [0.1, 0.15) is 24.1 Å². The molecule has 1 aliphatic heterocycles. The zero-order valence-corrected chi connectivity index (χ0v) is 13.3. The van der Waals surface area contributed by atoms with Gasteiger partial charge in [0, 0.05) is 33.7 Å². The Hall–Kier alpha value is -0.100. The third kappa shape index (κ3) is 5.26. The number of aryl methyl sites for hydroxylation is 1. The van der Waals surface area contributed by atoms with Crippen molar-refractivity contribution in [1.82, 2.24) is 10.6 Å². The van der Waals surface area contributed by atoms with Crippen molar-refractivity contribution in [2.75, 3.05) is 13.1 Å². The van der Waals surface area contributed by atoms with E-state index in [9.17, 15) is 4.79 Å². The summed E-state index contributed by atoms with van der Waals surface area (Å²) in [6.45, 7) is 1.86. The lowest BCUT2D eigenvalue weighted by molar-refractivity contribution is -0.121. The van der Waals surface area contributed by atoms with Gasteiger partial charge in [-0.05, 0) is 47.8 Å². The first kappa shape index (κ1) is 16.0. The van der Waals surface area contributed by atoms with Crippen LogP contribution in [-0.4, -0.2) is 25.0 Å². The van der Waals surface area contributed by atoms with Crippen LogP contribution in [0.2, 0.25) is 0 Å². The highest BCUT2D eigenvalue weighted by molar-refractivity contribution is 9.10. The summed E-state index contributed by atoms with van der Waals surface area (Å²) >= 11 is 5.11. The van der Waals surface area contributed by atoms with Crippen molar-refractivity contribution in [3.05, 3.63) is 20.8 Å². The lowest BCUT2D eigenvalue weighted by Crippen LogP contribution is -2.37. The van der Waals surface area contributed by atoms with E-state index in [4.69, 9.17) is 0 Å². The maximum Gasteiger partial charge on any atom is 0.220 e. The lowest BCUT2D eigenvalue weighted by atomic mass is 10.2. The normalized spacial score (nSPS) is 18.4. The van der Waals surface area contributed by atoms with E-state index in [1.807, 2.05) is 0 Å². The number of hydrogen-bond acceptors (Lipinski definition) is 3. The van der Waals surface area contributed by atoms with Gasteiger partial charge in [0.05, 0.1) is 0 Å². The van der Waals surface area contributed by atoms with Crippen molar-refractivity contribution in [3.63, 3.8) is 0 Å². The summed E-state index contributed by atoms with van der Waals surface area (Å²) < 4.78 is 1.10. The van der Waals surface area contributed by atoms with Gasteiger partial charge in [0.25, 0.3) is 0 Å². The van der Waals surface area contributed by atoms with Gasteiger partial charge in [-0.3, -0.25) is 4.79 Å². The predicted molar refractivity (Wildman–Crippen MR) is 81.6 cm³/mol. The van der Waals surface area contributed by atoms with Crippen LogP contribution >= 0.6 is 39.7 Å². The van der Waals surface area contributed by atoms with Crippen LogP contribution in [0.15, 0.2) is 15.9 Å². The minimum atomic E-state index is 0. The molecule has 0 aromatic carbocycles. The van der Waals surface area contributed by atoms with Gasteiger partial charge in [-0.1, -0.05) is 0 Å². The highest BCUT2D eigenvalue weighted by Crippen LogP contribution is 2.20. The fourth-order valence-corrected chi connectivity index (χ4v) is 3.43. The Balaban J connectivity index is 0.00000162.